The van der Waals surface area contributed by atoms with Crippen LogP contribution in [0.15, 0.2) is 24.3 Å². The van der Waals surface area contributed by atoms with Gasteiger partial charge in [0, 0.05) is 11.1 Å². The Balaban J connectivity index is 3.37. The van der Waals surface area contributed by atoms with E-state index in [1.54, 1.807) is 18.4 Å². The van der Waals surface area contributed by atoms with Crippen molar-refractivity contribution >= 4 is 34.1 Å². The molecule has 3 nitrogen and oxygen atoms in total. The first-order valence-corrected chi connectivity index (χ1v) is 9.29. The van der Waals surface area contributed by atoms with Gasteiger partial charge in [-0.05, 0) is 29.2 Å². The Kier molecular flexibility index (Phi) is 6.28. The van der Waals surface area contributed by atoms with Crippen LogP contribution in [0.1, 0.15) is 52.7 Å². The molecule has 0 atom stereocenters. The maximum atomic E-state index is 12.2. The fraction of sp³-hybridized carbons (Fsp3) is 0.474. The molecule has 24 heavy (non-hydrogen) atoms. The number of hydrogen-bond donors (Lipinski definition) is 1. The van der Waals surface area contributed by atoms with Gasteiger partial charge in [-0.15, -0.1) is 11.8 Å². The van der Waals surface area contributed by atoms with Crippen LogP contribution in [0, 0.1) is 0 Å². The monoisotopic (exact) mass is 366 g/mol. The molecular formula is C19H26O3S2. The van der Waals surface area contributed by atoms with Gasteiger partial charge in [0.2, 0.25) is 0 Å². The highest BCUT2D eigenvalue weighted by atomic mass is 32.2. The summed E-state index contributed by atoms with van der Waals surface area (Å²) in [4.78, 5) is 12.2. The molecule has 0 saturated heterocycles. The number of carbonyl (C=O) groups excluding carboxylic acids is 1. The van der Waals surface area contributed by atoms with Crippen LogP contribution in [0.5, 0.6) is 11.5 Å². The van der Waals surface area contributed by atoms with Crippen molar-refractivity contribution in [2.75, 3.05) is 6.26 Å². The smallest absolute Gasteiger partial charge is 0.344 e. The fourth-order valence-corrected chi connectivity index (χ4v) is 2.60. The van der Waals surface area contributed by atoms with Crippen LogP contribution >= 0.6 is 24.0 Å². The third-order valence-corrected chi connectivity index (χ3v) is 4.95. The Morgan fingerprint density at radius 3 is 1.88 bits per heavy atom. The van der Waals surface area contributed by atoms with Gasteiger partial charge in [0.1, 0.15) is 11.5 Å². The molecule has 0 bridgehead atoms. The molecule has 0 unspecified atom stereocenters. The molecule has 1 aromatic rings. The zero-order chi connectivity index (χ0) is 18.9. The number of aromatic hydroxyl groups is 1. The van der Waals surface area contributed by atoms with Crippen LogP contribution < -0.4 is 4.74 Å². The molecule has 0 aliphatic carbocycles. The van der Waals surface area contributed by atoms with Gasteiger partial charge >= 0.3 is 5.97 Å². The van der Waals surface area contributed by atoms with Gasteiger partial charge in [-0.2, -0.15) is 0 Å². The van der Waals surface area contributed by atoms with E-state index in [0.717, 1.165) is 11.1 Å². The van der Waals surface area contributed by atoms with E-state index in [0.29, 0.717) is 9.95 Å². The molecule has 0 aromatic heterocycles. The van der Waals surface area contributed by atoms with Crippen LogP contribution in [-0.2, 0) is 15.6 Å². The predicted octanol–water partition coefficient (Wildman–Crippen LogP) is 5.14. The average Bonchev–Trinajstić information content (AvgIpc) is 2.44. The molecule has 0 spiro atoms. The highest BCUT2D eigenvalue weighted by Crippen LogP contribution is 2.41. The van der Waals surface area contributed by atoms with E-state index in [1.807, 2.05) is 41.5 Å². The normalized spacial score (nSPS) is 12.0. The highest BCUT2D eigenvalue weighted by molar-refractivity contribution is 8.23. The van der Waals surface area contributed by atoms with Crippen LogP contribution in [0.25, 0.3) is 0 Å². The summed E-state index contributed by atoms with van der Waals surface area (Å²) >= 11 is 6.36. The van der Waals surface area contributed by atoms with Gasteiger partial charge in [-0.25, -0.2) is 4.79 Å². The third-order valence-electron chi connectivity index (χ3n) is 3.59. The Bertz CT molecular complexity index is 642. The number of ether oxygens (including phenoxy) is 1. The van der Waals surface area contributed by atoms with Gasteiger partial charge in [-0.3, -0.25) is 0 Å². The molecule has 0 heterocycles. The number of phenolic OH excluding ortho intramolecular Hbond substituents is 1. The van der Waals surface area contributed by atoms with E-state index in [9.17, 15) is 9.90 Å². The number of hydrogen-bond acceptors (Lipinski definition) is 5. The first-order valence-electron chi connectivity index (χ1n) is 7.66. The largest absolute Gasteiger partial charge is 0.507 e. The number of carbonyl (C=O) groups is 1. The minimum absolute atomic E-state index is 0.167. The zero-order valence-corrected chi connectivity index (χ0v) is 17.1. The lowest BCUT2D eigenvalue weighted by Gasteiger charge is -2.28. The van der Waals surface area contributed by atoms with E-state index >= 15 is 0 Å². The minimum atomic E-state index is -0.570. The molecule has 0 saturated carbocycles. The standard InChI is InChI=1S/C19H26O3S2/c1-11(17(23)24-8)16(21)22-12-9-13(18(2,3)4)15(20)14(10-12)19(5,6)7/h9-10,20H,1H2,2-8H3. The van der Waals surface area contributed by atoms with E-state index in [1.165, 1.54) is 11.8 Å². The van der Waals surface area contributed by atoms with Gasteiger partial charge in [0.05, 0.1) is 9.77 Å². The van der Waals surface area contributed by atoms with E-state index in [4.69, 9.17) is 17.0 Å². The van der Waals surface area contributed by atoms with Crippen molar-refractivity contribution in [3.05, 3.63) is 35.4 Å². The molecule has 132 valence electrons. The second-order valence-corrected chi connectivity index (χ2v) is 9.21. The topological polar surface area (TPSA) is 46.5 Å². The third kappa shape index (κ3) is 4.84. The van der Waals surface area contributed by atoms with Crippen molar-refractivity contribution in [2.45, 2.75) is 52.4 Å². The van der Waals surface area contributed by atoms with Crippen molar-refractivity contribution in [3.8, 4) is 11.5 Å². The summed E-state index contributed by atoms with van der Waals surface area (Å²) in [5.41, 5.74) is 1.04. The molecule has 0 fully saturated rings. The van der Waals surface area contributed by atoms with Gasteiger partial charge < -0.3 is 9.84 Å². The van der Waals surface area contributed by atoms with E-state index in [-0.39, 0.29) is 22.2 Å². The summed E-state index contributed by atoms with van der Waals surface area (Å²) in [5.74, 6) is 0.0609. The lowest BCUT2D eigenvalue weighted by atomic mass is 9.79. The van der Waals surface area contributed by atoms with Crippen molar-refractivity contribution in [3.63, 3.8) is 0 Å². The predicted molar refractivity (Wildman–Crippen MR) is 106 cm³/mol. The van der Waals surface area contributed by atoms with Gasteiger partial charge in [0.15, 0.2) is 0 Å². The molecule has 1 aromatic carbocycles. The lowest BCUT2D eigenvalue weighted by Crippen LogP contribution is -2.19. The first-order chi connectivity index (χ1) is 10.8. The second-order valence-electron chi connectivity index (χ2n) is 7.73. The molecule has 1 N–H and O–H groups in total. The van der Waals surface area contributed by atoms with Crippen molar-refractivity contribution in [2.24, 2.45) is 0 Å². The fourth-order valence-electron chi connectivity index (χ4n) is 2.19. The number of rotatable bonds is 3. The average molecular weight is 367 g/mol. The maximum absolute atomic E-state index is 12.2. The van der Waals surface area contributed by atoms with Crippen molar-refractivity contribution < 1.29 is 14.6 Å². The Hall–Kier alpha value is -1.33. The molecule has 5 heteroatoms. The zero-order valence-electron chi connectivity index (χ0n) is 15.4. The molecule has 0 amide bonds. The van der Waals surface area contributed by atoms with Crippen LogP contribution in [0.2, 0.25) is 0 Å². The lowest BCUT2D eigenvalue weighted by molar-refractivity contribution is -0.129. The summed E-state index contributed by atoms with van der Waals surface area (Å²) in [6.45, 7) is 15.7. The van der Waals surface area contributed by atoms with Crippen LogP contribution in [-0.4, -0.2) is 21.5 Å². The summed E-state index contributed by atoms with van der Waals surface area (Å²) in [6.07, 6.45) is 1.79. The summed E-state index contributed by atoms with van der Waals surface area (Å²) in [5, 5.41) is 10.7. The molecule has 0 radical (unpaired) electrons. The number of benzene rings is 1. The molecule has 0 aliphatic heterocycles. The number of phenols is 1. The van der Waals surface area contributed by atoms with Crippen LogP contribution in [0.4, 0.5) is 0 Å². The molecular weight excluding hydrogens is 340 g/mol. The van der Waals surface area contributed by atoms with Crippen molar-refractivity contribution in [1.29, 1.82) is 0 Å². The van der Waals surface area contributed by atoms with Gasteiger partial charge in [-0.1, -0.05) is 60.3 Å². The number of esters is 1. The Morgan fingerprint density at radius 1 is 1.12 bits per heavy atom. The van der Waals surface area contributed by atoms with Crippen molar-refractivity contribution in [1.82, 2.24) is 0 Å². The second kappa shape index (κ2) is 7.28. The number of thiocarbonyl (C=S) groups is 1. The Labute approximate surface area is 154 Å². The highest BCUT2D eigenvalue weighted by Gasteiger charge is 2.27. The summed E-state index contributed by atoms with van der Waals surface area (Å²) in [6, 6.07) is 3.41. The summed E-state index contributed by atoms with van der Waals surface area (Å²) in [7, 11) is 0. The molecule has 1 rings (SSSR count). The first kappa shape index (κ1) is 20.7. The maximum Gasteiger partial charge on any atom is 0.344 e. The Morgan fingerprint density at radius 2 is 1.54 bits per heavy atom. The SMILES string of the molecule is C=C(C(=O)Oc1cc(C(C)(C)C)c(O)c(C(C)(C)C)c1)C(=S)SC. The van der Waals surface area contributed by atoms with Gasteiger partial charge in [0.25, 0.3) is 0 Å². The van der Waals surface area contributed by atoms with E-state index < -0.39 is 5.97 Å². The molecule has 0 aliphatic rings. The van der Waals surface area contributed by atoms with E-state index in [2.05, 4.69) is 6.58 Å². The quantitative estimate of drug-likeness (QED) is 0.347. The summed E-state index contributed by atoms with van der Waals surface area (Å²) < 4.78 is 5.88. The minimum Gasteiger partial charge on any atom is -0.507 e. The number of thioether (sulfide) groups is 1. The van der Waals surface area contributed by atoms with Crippen LogP contribution in [0.3, 0.4) is 0 Å².